The summed E-state index contributed by atoms with van der Waals surface area (Å²) < 4.78 is 7.63. The number of carbonyl (C=O) groups is 2. The molecule has 1 aromatic carbocycles. The number of carbonyl (C=O) groups excluding carboxylic acids is 2. The fourth-order valence-electron chi connectivity index (χ4n) is 3.11. The number of hydrogen-bond donors (Lipinski definition) is 2. The molecule has 1 aliphatic rings. The number of rotatable bonds is 6. The van der Waals surface area contributed by atoms with Crippen LogP contribution in [0.15, 0.2) is 18.2 Å². The Morgan fingerprint density at radius 3 is 3.00 bits per heavy atom. The number of methoxy groups -OCH3 is 1. The molecule has 0 bridgehead atoms. The van der Waals surface area contributed by atoms with Crippen LogP contribution in [0.3, 0.4) is 0 Å². The summed E-state index contributed by atoms with van der Waals surface area (Å²) in [7, 11) is 1.53. The standard InChI is InChI=1S/C17H20ClN5O3S/c1-3-22-14(20-21-17(22)27)8-19-16(25)10-6-15(24)23(9-10)12-7-11(18)4-5-13(12)26-2/h4-5,7,10H,3,6,8-9H2,1-2H3,(H,19,25)(H,21,27). The summed E-state index contributed by atoms with van der Waals surface area (Å²) in [6, 6.07) is 5.05. The molecule has 2 N–H and O–H groups in total. The minimum Gasteiger partial charge on any atom is -0.495 e. The molecule has 3 rings (SSSR count). The van der Waals surface area contributed by atoms with Gasteiger partial charge in [-0.15, -0.1) is 0 Å². The molecule has 1 unspecified atom stereocenters. The van der Waals surface area contributed by atoms with E-state index in [0.717, 1.165) is 0 Å². The van der Waals surface area contributed by atoms with Crippen LogP contribution in [-0.2, 0) is 22.7 Å². The van der Waals surface area contributed by atoms with Crippen LogP contribution in [-0.4, -0.2) is 40.2 Å². The zero-order valence-corrected chi connectivity index (χ0v) is 16.6. The minimum absolute atomic E-state index is 0.127. The van der Waals surface area contributed by atoms with E-state index in [0.29, 0.717) is 33.6 Å². The molecule has 0 saturated carbocycles. The van der Waals surface area contributed by atoms with Crippen molar-refractivity contribution in [2.24, 2.45) is 5.92 Å². The lowest BCUT2D eigenvalue weighted by atomic mass is 10.1. The third kappa shape index (κ3) is 3.98. The first-order valence-electron chi connectivity index (χ1n) is 8.50. The van der Waals surface area contributed by atoms with E-state index in [1.807, 2.05) is 6.92 Å². The van der Waals surface area contributed by atoms with Crippen molar-refractivity contribution < 1.29 is 14.3 Å². The monoisotopic (exact) mass is 409 g/mol. The van der Waals surface area contributed by atoms with Gasteiger partial charge in [-0.05, 0) is 37.3 Å². The van der Waals surface area contributed by atoms with Crippen LogP contribution < -0.4 is 15.0 Å². The van der Waals surface area contributed by atoms with E-state index in [9.17, 15) is 9.59 Å². The smallest absolute Gasteiger partial charge is 0.227 e. The Bertz CT molecular complexity index is 926. The van der Waals surface area contributed by atoms with Gasteiger partial charge in [0.1, 0.15) is 5.75 Å². The first-order chi connectivity index (χ1) is 12.9. The van der Waals surface area contributed by atoms with Gasteiger partial charge in [-0.1, -0.05) is 11.6 Å². The number of H-pyrrole nitrogens is 1. The normalized spacial score (nSPS) is 16.6. The number of nitrogens with one attached hydrogen (secondary N) is 2. The number of ether oxygens (including phenoxy) is 1. The number of aromatic nitrogens is 3. The Morgan fingerprint density at radius 2 is 2.30 bits per heavy atom. The highest BCUT2D eigenvalue weighted by molar-refractivity contribution is 7.71. The van der Waals surface area contributed by atoms with Crippen molar-refractivity contribution >= 4 is 41.3 Å². The lowest BCUT2D eigenvalue weighted by Gasteiger charge is -2.19. The minimum atomic E-state index is -0.460. The molecule has 1 atom stereocenters. The van der Waals surface area contributed by atoms with Gasteiger partial charge >= 0.3 is 0 Å². The van der Waals surface area contributed by atoms with Gasteiger partial charge in [-0.3, -0.25) is 14.7 Å². The quantitative estimate of drug-likeness (QED) is 0.714. The second-order valence-electron chi connectivity index (χ2n) is 6.13. The molecule has 0 aliphatic carbocycles. The molecule has 0 radical (unpaired) electrons. The Balaban J connectivity index is 1.69. The van der Waals surface area contributed by atoms with Gasteiger partial charge < -0.3 is 19.5 Å². The lowest BCUT2D eigenvalue weighted by molar-refractivity contribution is -0.126. The van der Waals surface area contributed by atoms with Crippen LogP contribution in [0.5, 0.6) is 5.75 Å². The molecule has 2 heterocycles. The van der Waals surface area contributed by atoms with E-state index < -0.39 is 5.92 Å². The molecule has 1 aromatic heterocycles. The number of amides is 2. The van der Waals surface area contributed by atoms with Crippen LogP contribution in [0, 0.1) is 10.7 Å². The number of anilines is 1. The van der Waals surface area contributed by atoms with Crippen molar-refractivity contribution in [2.45, 2.75) is 26.4 Å². The van der Waals surface area contributed by atoms with E-state index in [1.165, 1.54) is 12.0 Å². The van der Waals surface area contributed by atoms with Gasteiger partial charge in [0.15, 0.2) is 10.6 Å². The fourth-order valence-corrected chi connectivity index (χ4v) is 3.56. The molecule has 2 aromatic rings. The highest BCUT2D eigenvalue weighted by atomic mass is 35.5. The maximum Gasteiger partial charge on any atom is 0.227 e. The number of nitrogens with zero attached hydrogens (tertiary/aromatic N) is 3. The highest BCUT2D eigenvalue weighted by Crippen LogP contribution is 2.35. The zero-order chi connectivity index (χ0) is 19.6. The number of aromatic amines is 1. The fraction of sp³-hybridized carbons (Fsp3) is 0.412. The lowest BCUT2D eigenvalue weighted by Crippen LogP contribution is -2.33. The van der Waals surface area contributed by atoms with E-state index in [-0.39, 0.29) is 31.3 Å². The maximum atomic E-state index is 12.5. The van der Waals surface area contributed by atoms with Crippen molar-refractivity contribution in [1.82, 2.24) is 20.1 Å². The molecular formula is C17H20ClN5O3S. The van der Waals surface area contributed by atoms with Gasteiger partial charge in [0, 0.05) is 24.5 Å². The largest absolute Gasteiger partial charge is 0.495 e. The van der Waals surface area contributed by atoms with E-state index in [2.05, 4.69) is 15.5 Å². The third-order valence-electron chi connectivity index (χ3n) is 4.50. The molecule has 2 amide bonds. The molecule has 1 fully saturated rings. The average Bonchev–Trinajstić information content (AvgIpc) is 3.21. The van der Waals surface area contributed by atoms with Crippen molar-refractivity contribution in [3.63, 3.8) is 0 Å². The summed E-state index contributed by atoms with van der Waals surface area (Å²) in [5.74, 6) is 0.370. The first-order valence-corrected chi connectivity index (χ1v) is 9.29. The summed E-state index contributed by atoms with van der Waals surface area (Å²) in [5.41, 5.74) is 0.567. The van der Waals surface area contributed by atoms with Gasteiger partial charge in [0.25, 0.3) is 0 Å². The molecule has 1 saturated heterocycles. The summed E-state index contributed by atoms with van der Waals surface area (Å²) >= 11 is 11.2. The third-order valence-corrected chi connectivity index (χ3v) is 5.05. The first kappa shape index (κ1) is 19.4. The predicted octanol–water partition coefficient (Wildman–Crippen LogP) is 2.29. The molecule has 144 valence electrons. The number of benzene rings is 1. The van der Waals surface area contributed by atoms with Gasteiger partial charge in [0.05, 0.1) is 25.3 Å². The zero-order valence-electron chi connectivity index (χ0n) is 15.0. The molecule has 0 spiro atoms. The molecule has 10 heteroatoms. The Hall–Kier alpha value is -2.39. The maximum absolute atomic E-state index is 12.5. The second-order valence-corrected chi connectivity index (χ2v) is 6.95. The topological polar surface area (TPSA) is 92.2 Å². The van der Waals surface area contributed by atoms with Crippen LogP contribution in [0.2, 0.25) is 5.02 Å². The van der Waals surface area contributed by atoms with E-state index in [4.69, 9.17) is 28.6 Å². The second kappa shape index (κ2) is 8.10. The van der Waals surface area contributed by atoms with Crippen LogP contribution >= 0.6 is 23.8 Å². The predicted molar refractivity (Wildman–Crippen MR) is 103 cm³/mol. The SMILES string of the molecule is CCn1c(CNC(=O)C2CC(=O)N(c3cc(Cl)ccc3OC)C2)n[nH]c1=S. The van der Waals surface area contributed by atoms with Gasteiger partial charge in [-0.25, -0.2) is 0 Å². The molecule has 27 heavy (non-hydrogen) atoms. The Kier molecular flexibility index (Phi) is 5.81. The summed E-state index contributed by atoms with van der Waals surface area (Å²) in [6.07, 6.45) is 0.127. The van der Waals surface area contributed by atoms with Gasteiger partial charge in [-0.2, -0.15) is 5.10 Å². The Labute approximate surface area is 166 Å². The number of hydrogen-bond acceptors (Lipinski definition) is 5. The Morgan fingerprint density at radius 1 is 1.52 bits per heavy atom. The summed E-state index contributed by atoms with van der Waals surface area (Å²) in [6.45, 7) is 3.11. The summed E-state index contributed by atoms with van der Waals surface area (Å²) in [4.78, 5) is 26.5. The highest BCUT2D eigenvalue weighted by Gasteiger charge is 2.36. The van der Waals surface area contributed by atoms with Crippen LogP contribution in [0.1, 0.15) is 19.2 Å². The average molecular weight is 410 g/mol. The van der Waals surface area contributed by atoms with Crippen LogP contribution in [0.25, 0.3) is 0 Å². The van der Waals surface area contributed by atoms with Crippen LogP contribution in [0.4, 0.5) is 5.69 Å². The van der Waals surface area contributed by atoms with Crippen molar-refractivity contribution in [1.29, 1.82) is 0 Å². The van der Waals surface area contributed by atoms with Crippen molar-refractivity contribution in [3.05, 3.63) is 33.8 Å². The summed E-state index contributed by atoms with van der Waals surface area (Å²) in [5, 5.41) is 10.2. The number of halogens is 1. The molecule has 8 nitrogen and oxygen atoms in total. The van der Waals surface area contributed by atoms with Crippen molar-refractivity contribution in [3.8, 4) is 5.75 Å². The van der Waals surface area contributed by atoms with E-state index in [1.54, 1.807) is 22.8 Å². The van der Waals surface area contributed by atoms with E-state index >= 15 is 0 Å². The molecular weight excluding hydrogens is 390 g/mol. The van der Waals surface area contributed by atoms with Gasteiger partial charge in [0.2, 0.25) is 11.8 Å². The molecule has 1 aliphatic heterocycles. The van der Waals surface area contributed by atoms with Crippen molar-refractivity contribution in [2.75, 3.05) is 18.6 Å².